The first-order valence-electron chi connectivity index (χ1n) is 7.07. The van der Waals surface area contributed by atoms with E-state index in [0.717, 1.165) is 18.6 Å². The highest BCUT2D eigenvalue weighted by atomic mass is 19.1. The van der Waals surface area contributed by atoms with Crippen LogP contribution in [0.4, 0.5) is 8.78 Å². The van der Waals surface area contributed by atoms with E-state index in [9.17, 15) is 8.78 Å². The summed E-state index contributed by atoms with van der Waals surface area (Å²) in [6.07, 6.45) is 0.902. The van der Waals surface area contributed by atoms with Crippen molar-refractivity contribution >= 4 is 0 Å². The van der Waals surface area contributed by atoms with E-state index in [1.165, 1.54) is 6.07 Å². The third kappa shape index (κ3) is 4.53. The van der Waals surface area contributed by atoms with E-state index in [2.05, 4.69) is 5.32 Å². The van der Waals surface area contributed by atoms with Gasteiger partial charge >= 0.3 is 0 Å². The van der Waals surface area contributed by atoms with Gasteiger partial charge in [-0.3, -0.25) is 0 Å². The molecule has 0 fully saturated rings. The highest BCUT2D eigenvalue weighted by Crippen LogP contribution is 2.20. The van der Waals surface area contributed by atoms with Crippen molar-refractivity contribution in [2.45, 2.75) is 19.4 Å². The van der Waals surface area contributed by atoms with Crippen molar-refractivity contribution in [3.8, 4) is 5.75 Å². The van der Waals surface area contributed by atoms with Crippen molar-refractivity contribution in [3.63, 3.8) is 0 Å². The number of hydrogen-bond donors (Lipinski definition) is 1. The fourth-order valence-electron chi connectivity index (χ4n) is 2.06. The molecule has 1 N–H and O–H groups in total. The van der Waals surface area contributed by atoms with Gasteiger partial charge in [-0.25, -0.2) is 8.78 Å². The summed E-state index contributed by atoms with van der Waals surface area (Å²) < 4.78 is 32.9. The van der Waals surface area contributed by atoms with Crippen LogP contribution in [0.5, 0.6) is 5.75 Å². The molecule has 0 saturated carbocycles. The van der Waals surface area contributed by atoms with Crippen LogP contribution in [-0.4, -0.2) is 13.2 Å². The van der Waals surface area contributed by atoms with E-state index in [1.54, 1.807) is 0 Å². The van der Waals surface area contributed by atoms with Gasteiger partial charge in [0.2, 0.25) is 0 Å². The van der Waals surface area contributed by atoms with Crippen LogP contribution in [0.2, 0.25) is 0 Å². The van der Waals surface area contributed by atoms with Gasteiger partial charge < -0.3 is 10.1 Å². The fourth-order valence-corrected chi connectivity index (χ4v) is 2.06. The highest BCUT2D eigenvalue weighted by molar-refractivity contribution is 5.24. The van der Waals surface area contributed by atoms with Crippen molar-refractivity contribution in [1.82, 2.24) is 5.32 Å². The van der Waals surface area contributed by atoms with Gasteiger partial charge in [0.05, 0.1) is 6.04 Å². The fraction of sp³-hybridized carbons (Fsp3) is 0.294. The quantitative estimate of drug-likeness (QED) is 0.830. The summed E-state index contributed by atoms with van der Waals surface area (Å²) in [4.78, 5) is 0. The first kappa shape index (κ1) is 15.4. The van der Waals surface area contributed by atoms with Gasteiger partial charge in [0.25, 0.3) is 0 Å². The molecule has 0 amide bonds. The summed E-state index contributed by atoms with van der Waals surface area (Å²) in [6.45, 7) is 2.97. The lowest BCUT2D eigenvalue weighted by Crippen LogP contribution is -2.28. The summed E-state index contributed by atoms with van der Waals surface area (Å²) in [5.74, 6) is -0.173. The molecule has 0 aromatic heterocycles. The Morgan fingerprint density at radius 2 is 1.86 bits per heavy atom. The predicted octanol–water partition coefficient (Wildman–Crippen LogP) is 4.08. The summed E-state index contributed by atoms with van der Waals surface area (Å²) in [5.41, 5.74) is 0.291. The van der Waals surface area contributed by atoms with E-state index in [-0.39, 0.29) is 12.6 Å². The Bertz CT molecular complexity index is 560. The van der Waals surface area contributed by atoms with Crippen LogP contribution >= 0.6 is 0 Å². The number of benzene rings is 2. The maximum absolute atomic E-state index is 13.9. The second-order valence-corrected chi connectivity index (χ2v) is 4.80. The molecule has 2 aromatic carbocycles. The molecule has 0 aliphatic carbocycles. The van der Waals surface area contributed by atoms with E-state index in [0.29, 0.717) is 17.9 Å². The Balaban J connectivity index is 2.12. The van der Waals surface area contributed by atoms with Crippen molar-refractivity contribution in [1.29, 1.82) is 0 Å². The third-order valence-corrected chi connectivity index (χ3v) is 3.13. The largest absolute Gasteiger partial charge is 0.492 e. The number of nitrogens with one attached hydrogen (secondary N) is 1. The molecule has 2 rings (SSSR count). The molecule has 4 heteroatoms. The predicted molar refractivity (Wildman–Crippen MR) is 79.3 cm³/mol. The van der Waals surface area contributed by atoms with Crippen molar-refractivity contribution < 1.29 is 13.5 Å². The smallest absolute Gasteiger partial charge is 0.128 e. The highest BCUT2D eigenvalue weighted by Gasteiger charge is 2.17. The molecule has 112 valence electrons. The van der Waals surface area contributed by atoms with Crippen LogP contribution in [0.3, 0.4) is 0 Å². The van der Waals surface area contributed by atoms with E-state index >= 15 is 0 Å². The molecule has 1 atom stereocenters. The molecule has 0 radical (unpaired) electrons. The van der Waals surface area contributed by atoms with E-state index in [1.807, 2.05) is 37.3 Å². The average molecular weight is 291 g/mol. The lowest BCUT2D eigenvalue weighted by Gasteiger charge is -2.20. The maximum Gasteiger partial charge on any atom is 0.128 e. The Labute approximate surface area is 123 Å². The van der Waals surface area contributed by atoms with Gasteiger partial charge in [0.15, 0.2) is 0 Å². The lowest BCUT2D eigenvalue weighted by atomic mass is 10.1. The molecule has 0 saturated heterocycles. The molecule has 21 heavy (non-hydrogen) atoms. The molecular weight excluding hydrogens is 272 g/mol. The van der Waals surface area contributed by atoms with Gasteiger partial charge in [0, 0.05) is 5.56 Å². The van der Waals surface area contributed by atoms with E-state index < -0.39 is 11.6 Å². The second kappa shape index (κ2) is 7.74. The van der Waals surface area contributed by atoms with Gasteiger partial charge in [-0.2, -0.15) is 0 Å². The Morgan fingerprint density at radius 3 is 2.57 bits per heavy atom. The van der Waals surface area contributed by atoms with Gasteiger partial charge in [-0.15, -0.1) is 0 Å². The number of para-hydroxylation sites is 1. The lowest BCUT2D eigenvalue weighted by molar-refractivity contribution is 0.263. The molecule has 1 unspecified atom stereocenters. The summed E-state index contributed by atoms with van der Waals surface area (Å²) in [7, 11) is 0. The number of ether oxygens (including phenoxy) is 1. The molecule has 0 bridgehead atoms. The monoisotopic (exact) mass is 291 g/mol. The van der Waals surface area contributed by atoms with Gasteiger partial charge in [0.1, 0.15) is 24.0 Å². The van der Waals surface area contributed by atoms with Gasteiger partial charge in [-0.05, 0) is 43.3 Å². The van der Waals surface area contributed by atoms with Crippen molar-refractivity contribution in [3.05, 3.63) is 65.7 Å². The van der Waals surface area contributed by atoms with Crippen LogP contribution in [0.15, 0.2) is 48.5 Å². The average Bonchev–Trinajstić information content (AvgIpc) is 2.51. The second-order valence-electron chi connectivity index (χ2n) is 4.80. The minimum atomic E-state index is -0.450. The summed E-state index contributed by atoms with van der Waals surface area (Å²) >= 11 is 0. The molecule has 0 aliphatic rings. The van der Waals surface area contributed by atoms with Crippen LogP contribution in [0.1, 0.15) is 24.9 Å². The molecule has 2 nitrogen and oxygen atoms in total. The summed E-state index contributed by atoms with van der Waals surface area (Å²) in [5, 5.41) is 3.19. The number of halogens is 2. The molecule has 0 heterocycles. The number of rotatable bonds is 7. The minimum Gasteiger partial charge on any atom is -0.492 e. The summed E-state index contributed by atoms with van der Waals surface area (Å²) in [6, 6.07) is 12.4. The third-order valence-electron chi connectivity index (χ3n) is 3.13. The zero-order valence-electron chi connectivity index (χ0n) is 12.0. The van der Waals surface area contributed by atoms with Crippen LogP contribution in [0, 0.1) is 11.6 Å². The Morgan fingerprint density at radius 1 is 1.10 bits per heavy atom. The van der Waals surface area contributed by atoms with Crippen molar-refractivity contribution in [2.75, 3.05) is 13.2 Å². The van der Waals surface area contributed by atoms with Crippen LogP contribution in [-0.2, 0) is 0 Å². The minimum absolute atomic E-state index is 0.240. The first-order chi connectivity index (χ1) is 10.2. The molecule has 0 spiro atoms. The van der Waals surface area contributed by atoms with Crippen LogP contribution < -0.4 is 10.1 Å². The molecular formula is C17H19F2NO. The Hall–Kier alpha value is -1.94. The van der Waals surface area contributed by atoms with Gasteiger partial charge in [-0.1, -0.05) is 25.1 Å². The topological polar surface area (TPSA) is 21.3 Å². The first-order valence-corrected chi connectivity index (χ1v) is 7.07. The Kier molecular flexibility index (Phi) is 5.69. The van der Waals surface area contributed by atoms with Crippen molar-refractivity contribution in [2.24, 2.45) is 0 Å². The van der Waals surface area contributed by atoms with Crippen LogP contribution in [0.25, 0.3) is 0 Å². The zero-order chi connectivity index (χ0) is 15.1. The normalized spacial score (nSPS) is 12.1. The molecule has 0 aliphatic heterocycles. The SMILES string of the molecule is CCCNC(COc1ccccc1)c1cc(F)ccc1F. The number of hydrogen-bond acceptors (Lipinski definition) is 2. The standard InChI is InChI=1S/C17H19F2NO/c1-2-10-20-17(12-21-14-6-4-3-5-7-14)15-11-13(18)8-9-16(15)19/h3-9,11,17,20H,2,10,12H2,1H3. The van der Waals surface area contributed by atoms with E-state index in [4.69, 9.17) is 4.74 Å². The zero-order valence-corrected chi connectivity index (χ0v) is 12.0. The molecule has 2 aromatic rings. The maximum atomic E-state index is 13.9.